The molecular weight excluding hydrogens is 156 g/mol. The molecule has 0 fully saturated rings. The molecule has 0 heteroatoms. The van der Waals surface area contributed by atoms with Gasteiger partial charge in [0.15, 0.2) is 0 Å². The molecule has 0 aliphatic carbocycles. The normalized spacial score (nSPS) is 13.5. The summed E-state index contributed by atoms with van der Waals surface area (Å²) >= 11 is 0. The van der Waals surface area contributed by atoms with Crippen molar-refractivity contribution in [3.05, 3.63) is 34.9 Å². The summed E-state index contributed by atoms with van der Waals surface area (Å²) < 4.78 is 0. The van der Waals surface area contributed by atoms with Gasteiger partial charge in [-0.05, 0) is 33.6 Å². The van der Waals surface area contributed by atoms with Crippen molar-refractivity contribution < 1.29 is 0 Å². The summed E-state index contributed by atoms with van der Waals surface area (Å²) in [5.41, 5.74) is 4.03. The zero-order valence-electron chi connectivity index (χ0n) is 9.81. The summed E-state index contributed by atoms with van der Waals surface area (Å²) in [5, 5.41) is 0. The fourth-order valence-corrected chi connectivity index (χ4v) is 1.43. The topological polar surface area (TPSA) is 0 Å². The van der Waals surface area contributed by atoms with Crippen LogP contribution in [0.25, 0.3) is 0 Å². The molecule has 0 radical (unpaired) electrons. The van der Waals surface area contributed by atoms with Gasteiger partial charge in [-0.25, -0.2) is 0 Å². The molecule has 0 nitrogen and oxygen atoms in total. The fourth-order valence-electron chi connectivity index (χ4n) is 1.43. The van der Waals surface area contributed by atoms with Crippen LogP contribution in [0.5, 0.6) is 0 Å². The van der Waals surface area contributed by atoms with Crippen LogP contribution in [0.4, 0.5) is 0 Å². The average Bonchev–Trinajstić information content (AvgIpc) is 1.80. The zero-order chi connectivity index (χ0) is 10.4. The second-order valence-corrected chi connectivity index (χ2v) is 4.26. The first-order chi connectivity index (χ1) is 5.91. The quantitative estimate of drug-likeness (QED) is 0.558. The van der Waals surface area contributed by atoms with Crippen LogP contribution < -0.4 is 0 Å². The number of hydrogen-bond acceptors (Lipinski definition) is 0. The minimum absolute atomic E-state index is 0.635. The van der Waals surface area contributed by atoms with Crippen LogP contribution in [0.1, 0.15) is 41.5 Å². The standard InChI is InChI=1S/C13H22/c1-10(2)7-12(5)9-13(6)8-11(3)4/h7-10H,1-6H3/b12-7+,13-9+. The van der Waals surface area contributed by atoms with Gasteiger partial charge >= 0.3 is 0 Å². The van der Waals surface area contributed by atoms with Gasteiger partial charge in [0.2, 0.25) is 0 Å². The van der Waals surface area contributed by atoms with Gasteiger partial charge in [0.1, 0.15) is 0 Å². The molecule has 0 saturated heterocycles. The molecular formula is C13H22. The third-order valence-electron chi connectivity index (χ3n) is 1.57. The van der Waals surface area contributed by atoms with Gasteiger partial charge < -0.3 is 0 Å². The third-order valence-corrected chi connectivity index (χ3v) is 1.57. The van der Waals surface area contributed by atoms with Crippen LogP contribution in [0, 0.1) is 5.92 Å². The first-order valence-corrected chi connectivity index (χ1v) is 4.93. The molecule has 0 saturated carbocycles. The molecule has 0 N–H and O–H groups in total. The predicted octanol–water partition coefficient (Wildman–Crippen LogP) is 4.50. The van der Waals surface area contributed by atoms with Crippen molar-refractivity contribution in [2.45, 2.75) is 41.5 Å². The zero-order valence-corrected chi connectivity index (χ0v) is 9.81. The molecule has 13 heavy (non-hydrogen) atoms. The molecule has 0 heterocycles. The van der Waals surface area contributed by atoms with Gasteiger partial charge in [-0.15, -0.1) is 0 Å². The van der Waals surface area contributed by atoms with Crippen molar-refractivity contribution in [3.63, 3.8) is 0 Å². The molecule has 0 aliphatic heterocycles. The van der Waals surface area contributed by atoms with Gasteiger partial charge in [0.05, 0.1) is 0 Å². The van der Waals surface area contributed by atoms with E-state index in [1.165, 1.54) is 16.7 Å². The Balaban J connectivity index is 4.48. The van der Waals surface area contributed by atoms with E-state index in [1.54, 1.807) is 0 Å². The van der Waals surface area contributed by atoms with E-state index in [2.05, 4.69) is 59.8 Å². The first kappa shape index (κ1) is 12.2. The largest absolute Gasteiger partial charge is 0.0790 e. The highest BCUT2D eigenvalue weighted by Gasteiger charge is 1.89. The Hall–Kier alpha value is -0.780. The lowest BCUT2D eigenvalue weighted by atomic mass is 10.1. The lowest BCUT2D eigenvalue weighted by molar-refractivity contribution is 0.825. The van der Waals surface area contributed by atoms with E-state index in [0.29, 0.717) is 5.92 Å². The van der Waals surface area contributed by atoms with Gasteiger partial charge in [-0.1, -0.05) is 48.8 Å². The maximum absolute atomic E-state index is 2.28. The van der Waals surface area contributed by atoms with E-state index in [0.717, 1.165) is 0 Å². The van der Waals surface area contributed by atoms with Crippen LogP contribution in [0.15, 0.2) is 34.9 Å². The summed E-state index contributed by atoms with van der Waals surface area (Å²) in [7, 11) is 0. The van der Waals surface area contributed by atoms with Crippen LogP contribution in [0.3, 0.4) is 0 Å². The van der Waals surface area contributed by atoms with E-state index < -0.39 is 0 Å². The third kappa shape index (κ3) is 7.58. The molecule has 74 valence electrons. The number of rotatable bonds is 3. The Kier molecular flexibility index (Phi) is 5.45. The van der Waals surface area contributed by atoms with Gasteiger partial charge in [-0.3, -0.25) is 0 Å². The lowest BCUT2D eigenvalue weighted by Crippen LogP contribution is -1.81. The Morgan fingerprint density at radius 2 is 1.38 bits per heavy atom. The van der Waals surface area contributed by atoms with Crippen LogP contribution in [-0.4, -0.2) is 0 Å². The summed E-state index contributed by atoms with van der Waals surface area (Å²) in [6.45, 7) is 13.0. The van der Waals surface area contributed by atoms with Gasteiger partial charge in [-0.2, -0.15) is 0 Å². The molecule has 0 aromatic heterocycles. The Morgan fingerprint density at radius 1 is 0.846 bits per heavy atom. The smallest absolute Gasteiger partial charge is 0.0285 e. The van der Waals surface area contributed by atoms with Crippen LogP contribution in [0.2, 0.25) is 0 Å². The van der Waals surface area contributed by atoms with Crippen molar-refractivity contribution in [1.82, 2.24) is 0 Å². The molecule has 0 spiro atoms. The van der Waals surface area contributed by atoms with E-state index in [4.69, 9.17) is 0 Å². The van der Waals surface area contributed by atoms with E-state index in [-0.39, 0.29) is 0 Å². The monoisotopic (exact) mass is 178 g/mol. The van der Waals surface area contributed by atoms with Gasteiger partial charge in [0, 0.05) is 0 Å². The average molecular weight is 178 g/mol. The van der Waals surface area contributed by atoms with Crippen molar-refractivity contribution in [2.24, 2.45) is 5.92 Å². The van der Waals surface area contributed by atoms with Crippen molar-refractivity contribution in [1.29, 1.82) is 0 Å². The minimum atomic E-state index is 0.635. The number of hydrogen-bond donors (Lipinski definition) is 0. The van der Waals surface area contributed by atoms with Gasteiger partial charge in [0.25, 0.3) is 0 Å². The SMILES string of the molecule is CC(C)=C/C(C)=C/C(C)=C/C(C)C. The molecule has 0 unspecified atom stereocenters. The van der Waals surface area contributed by atoms with Crippen molar-refractivity contribution in [3.8, 4) is 0 Å². The Labute approximate surface area is 83.0 Å². The Morgan fingerprint density at radius 3 is 1.77 bits per heavy atom. The minimum Gasteiger partial charge on any atom is -0.0790 e. The molecule has 0 bridgehead atoms. The summed E-state index contributed by atoms with van der Waals surface area (Å²) in [6.07, 6.45) is 6.72. The molecule has 0 atom stereocenters. The summed E-state index contributed by atoms with van der Waals surface area (Å²) in [5.74, 6) is 0.635. The predicted molar refractivity (Wildman–Crippen MR) is 61.8 cm³/mol. The Bertz CT molecular complexity index is 233. The highest BCUT2D eigenvalue weighted by atomic mass is 14.0. The maximum Gasteiger partial charge on any atom is -0.0285 e. The second-order valence-electron chi connectivity index (χ2n) is 4.26. The first-order valence-electron chi connectivity index (χ1n) is 4.93. The maximum atomic E-state index is 2.28. The fraction of sp³-hybridized carbons (Fsp3) is 0.538. The summed E-state index contributed by atoms with van der Waals surface area (Å²) in [6, 6.07) is 0. The van der Waals surface area contributed by atoms with Crippen molar-refractivity contribution in [2.75, 3.05) is 0 Å². The second kappa shape index (κ2) is 5.80. The van der Waals surface area contributed by atoms with E-state index in [1.807, 2.05) is 0 Å². The van der Waals surface area contributed by atoms with E-state index >= 15 is 0 Å². The van der Waals surface area contributed by atoms with Crippen LogP contribution >= 0.6 is 0 Å². The lowest BCUT2D eigenvalue weighted by Gasteiger charge is -1.99. The molecule has 0 aromatic rings. The van der Waals surface area contributed by atoms with Crippen molar-refractivity contribution >= 4 is 0 Å². The van der Waals surface area contributed by atoms with E-state index in [9.17, 15) is 0 Å². The molecule has 0 rings (SSSR count). The number of allylic oxidation sites excluding steroid dienone is 6. The molecule has 0 aromatic carbocycles. The highest BCUT2D eigenvalue weighted by molar-refractivity contribution is 5.29. The summed E-state index contributed by atoms with van der Waals surface area (Å²) in [4.78, 5) is 0. The molecule has 0 aliphatic rings. The highest BCUT2D eigenvalue weighted by Crippen LogP contribution is 2.08. The van der Waals surface area contributed by atoms with Crippen LogP contribution in [-0.2, 0) is 0 Å². The molecule has 0 amide bonds.